The normalized spacial score (nSPS) is 17.8. The van der Waals surface area contributed by atoms with Crippen molar-refractivity contribution in [3.63, 3.8) is 0 Å². The van der Waals surface area contributed by atoms with Crippen LogP contribution in [-0.4, -0.2) is 55.3 Å². The number of benzene rings is 1. The number of carbonyl (C=O) groups is 1. The zero-order chi connectivity index (χ0) is 19.5. The fourth-order valence-electron chi connectivity index (χ4n) is 3.44. The van der Waals surface area contributed by atoms with Crippen LogP contribution in [0, 0.1) is 0 Å². The van der Waals surface area contributed by atoms with E-state index in [1.165, 1.54) is 6.08 Å². The lowest BCUT2D eigenvalue weighted by Gasteiger charge is -2.25. The second kappa shape index (κ2) is 7.80. The van der Waals surface area contributed by atoms with Crippen molar-refractivity contribution in [2.75, 3.05) is 38.2 Å². The summed E-state index contributed by atoms with van der Waals surface area (Å²) < 4.78 is 38.1. The standard InChI is InChI=1S/C19H25F3N2O2/c1-18(2)15-7-4-5-8-16(15)23(3)17(18)11-14(26)12-24(9-6-10-25)13-19(20,21)22/h4-5,7-8,11,25H,6,9-10,12-13H2,1-3H3/b17-11-. The van der Waals surface area contributed by atoms with Gasteiger partial charge < -0.3 is 10.0 Å². The molecule has 0 spiro atoms. The van der Waals surface area contributed by atoms with Gasteiger partial charge in [-0.3, -0.25) is 9.69 Å². The summed E-state index contributed by atoms with van der Waals surface area (Å²) in [7, 11) is 1.85. The van der Waals surface area contributed by atoms with Crippen molar-refractivity contribution in [3.05, 3.63) is 41.6 Å². The number of rotatable bonds is 7. The Kier molecular flexibility index (Phi) is 6.13. The fraction of sp³-hybridized carbons (Fsp3) is 0.526. The molecule has 0 aliphatic carbocycles. The van der Waals surface area contributed by atoms with E-state index < -0.39 is 18.1 Å². The van der Waals surface area contributed by atoms with E-state index in [1.807, 2.05) is 50.1 Å². The predicted molar refractivity (Wildman–Crippen MR) is 95.2 cm³/mol. The summed E-state index contributed by atoms with van der Waals surface area (Å²) in [6, 6.07) is 7.79. The molecular formula is C19H25F3N2O2. The average Bonchev–Trinajstić information content (AvgIpc) is 2.73. The van der Waals surface area contributed by atoms with Gasteiger partial charge in [0.2, 0.25) is 0 Å². The van der Waals surface area contributed by atoms with Crippen molar-refractivity contribution in [2.45, 2.75) is 31.9 Å². The molecule has 1 aromatic rings. The Labute approximate surface area is 151 Å². The molecule has 26 heavy (non-hydrogen) atoms. The maximum Gasteiger partial charge on any atom is 0.401 e. The van der Waals surface area contributed by atoms with E-state index in [9.17, 15) is 18.0 Å². The van der Waals surface area contributed by atoms with Gasteiger partial charge in [-0.1, -0.05) is 32.0 Å². The molecule has 2 rings (SSSR count). The highest BCUT2D eigenvalue weighted by atomic mass is 19.4. The van der Waals surface area contributed by atoms with Crippen LogP contribution in [0.5, 0.6) is 0 Å². The Morgan fingerprint density at radius 3 is 2.54 bits per heavy atom. The molecule has 0 saturated carbocycles. The van der Waals surface area contributed by atoms with E-state index in [2.05, 4.69) is 0 Å². The molecule has 144 valence electrons. The average molecular weight is 370 g/mol. The minimum atomic E-state index is -4.39. The molecule has 1 N–H and O–H groups in total. The van der Waals surface area contributed by atoms with Gasteiger partial charge in [-0.25, -0.2) is 0 Å². The van der Waals surface area contributed by atoms with E-state index in [4.69, 9.17) is 5.11 Å². The number of hydrogen-bond acceptors (Lipinski definition) is 4. The van der Waals surface area contributed by atoms with Crippen LogP contribution in [0.4, 0.5) is 18.9 Å². The van der Waals surface area contributed by atoms with Gasteiger partial charge in [0.05, 0.1) is 13.1 Å². The largest absolute Gasteiger partial charge is 0.401 e. The first-order valence-electron chi connectivity index (χ1n) is 8.54. The molecule has 0 unspecified atom stereocenters. The van der Waals surface area contributed by atoms with Crippen molar-refractivity contribution in [3.8, 4) is 0 Å². The van der Waals surface area contributed by atoms with Crippen molar-refractivity contribution in [1.82, 2.24) is 4.90 Å². The summed E-state index contributed by atoms with van der Waals surface area (Å²) in [5.74, 6) is -0.380. The number of allylic oxidation sites excluding steroid dienone is 1. The van der Waals surface area contributed by atoms with Crippen molar-refractivity contribution >= 4 is 11.5 Å². The van der Waals surface area contributed by atoms with Gasteiger partial charge >= 0.3 is 6.18 Å². The van der Waals surface area contributed by atoms with Crippen molar-refractivity contribution in [1.29, 1.82) is 0 Å². The van der Waals surface area contributed by atoms with Gasteiger partial charge in [0.25, 0.3) is 0 Å². The first-order valence-corrected chi connectivity index (χ1v) is 8.54. The first-order chi connectivity index (χ1) is 12.1. The third-order valence-electron chi connectivity index (χ3n) is 4.65. The molecule has 0 radical (unpaired) electrons. The number of fused-ring (bicyclic) bond motifs is 1. The summed E-state index contributed by atoms with van der Waals surface area (Å²) >= 11 is 0. The summed E-state index contributed by atoms with van der Waals surface area (Å²) in [4.78, 5) is 15.4. The van der Waals surface area contributed by atoms with Gasteiger partial charge in [-0.15, -0.1) is 0 Å². The lowest BCUT2D eigenvalue weighted by atomic mass is 9.83. The number of nitrogens with zero attached hydrogens (tertiary/aromatic N) is 2. The SMILES string of the molecule is CN1/C(=C\C(=O)CN(CCCO)CC(F)(F)F)C(C)(C)c2ccccc21. The molecule has 1 aliphatic rings. The van der Waals surface area contributed by atoms with Crippen LogP contribution in [0.1, 0.15) is 25.8 Å². The maximum absolute atomic E-state index is 12.7. The molecule has 0 atom stereocenters. The number of halogens is 3. The highest BCUT2D eigenvalue weighted by molar-refractivity contribution is 5.94. The Morgan fingerprint density at radius 1 is 1.31 bits per heavy atom. The van der Waals surface area contributed by atoms with Crippen LogP contribution in [0.2, 0.25) is 0 Å². The third kappa shape index (κ3) is 4.65. The molecule has 0 amide bonds. The van der Waals surface area contributed by atoms with Crippen LogP contribution in [0.25, 0.3) is 0 Å². The molecule has 7 heteroatoms. The fourth-order valence-corrected chi connectivity index (χ4v) is 3.44. The summed E-state index contributed by atoms with van der Waals surface area (Å²) in [5.41, 5.74) is 2.43. The number of aliphatic hydroxyl groups excluding tert-OH is 1. The van der Waals surface area contributed by atoms with Crippen LogP contribution >= 0.6 is 0 Å². The lowest BCUT2D eigenvalue weighted by Crippen LogP contribution is -2.38. The number of anilines is 1. The van der Waals surface area contributed by atoms with Crippen LogP contribution in [0.3, 0.4) is 0 Å². The first kappa shape index (κ1) is 20.5. The molecular weight excluding hydrogens is 345 g/mol. The number of carbonyl (C=O) groups excluding carboxylic acids is 1. The summed E-state index contributed by atoms with van der Waals surface area (Å²) in [5, 5.41) is 8.87. The smallest absolute Gasteiger partial charge is 0.396 e. The van der Waals surface area contributed by atoms with Gasteiger partial charge in [-0.05, 0) is 18.1 Å². The quantitative estimate of drug-likeness (QED) is 0.749. The van der Waals surface area contributed by atoms with Gasteiger partial charge in [0.15, 0.2) is 5.78 Å². The van der Waals surface area contributed by atoms with Gasteiger partial charge in [0, 0.05) is 43.1 Å². The second-order valence-corrected chi connectivity index (χ2v) is 7.10. The number of ketones is 1. The number of alkyl halides is 3. The molecule has 4 nitrogen and oxygen atoms in total. The Hall–Kier alpha value is -1.86. The maximum atomic E-state index is 12.7. The summed E-state index contributed by atoms with van der Waals surface area (Å²) in [6.07, 6.45) is -2.75. The Balaban J connectivity index is 2.19. The van der Waals surface area contributed by atoms with Crippen LogP contribution in [-0.2, 0) is 10.2 Å². The van der Waals surface area contributed by atoms with Crippen molar-refractivity contribution in [2.24, 2.45) is 0 Å². The van der Waals surface area contributed by atoms with E-state index in [-0.39, 0.29) is 31.9 Å². The molecule has 0 saturated heterocycles. The Bertz CT molecular complexity index is 684. The van der Waals surface area contributed by atoms with E-state index in [0.717, 1.165) is 21.8 Å². The number of aliphatic hydroxyl groups is 1. The predicted octanol–water partition coefficient (Wildman–Crippen LogP) is 3.11. The van der Waals surface area contributed by atoms with Crippen molar-refractivity contribution < 1.29 is 23.1 Å². The lowest BCUT2D eigenvalue weighted by molar-refractivity contribution is -0.148. The van der Waals surface area contributed by atoms with E-state index in [0.29, 0.717) is 0 Å². The zero-order valence-electron chi connectivity index (χ0n) is 15.3. The molecule has 1 aromatic carbocycles. The summed E-state index contributed by atoms with van der Waals surface area (Å²) in [6.45, 7) is 2.30. The monoisotopic (exact) mass is 370 g/mol. The number of hydrogen-bond donors (Lipinski definition) is 1. The number of para-hydroxylation sites is 1. The molecule has 0 bridgehead atoms. The minimum absolute atomic E-state index is 0.0182. The second-order valence-electron chi connectivity index (χ2n) is 7.10. The van der Waals surface area contributed by atoms with Gasteiger partial charge in [0.1, 0.15) is 0 Å². The molecule has 0 fully saturated rings. The third-order valence-corrected chi connectivity index (χ3v) is 4.65. The number of likely N-dealkylation sites (N-methyl/N-ethyl adjacent to an activating group) is 1. The van der Waals surface area contributed by atoms with Crippen LogP contribution in [0.15, 0.2) is 36.0 Å². The molecule has 0 aromatic heterocycles. The Morgan fingerprint density at radius 2 is 1.96 bits per heavy atom. The van der Waals surface area contributed by atoms with Crippen LogP contribution < -0.4 is 4.90 Å². The highest BCUT2D eigenvalue weighted by Gasteiger charge is 2.38. The van der Waals surface area contributed by atoms with E-state index in [1.54, 1.807) is 0 Å². The zero-order valence-corrected chi connectivity index (χ0v) is 15.3. The highest BCUT2D eigenvalue weighted by Crippen LogP contribution is 2.46. The topological polar surface area (TPSA) is 43.8 Å². The molecule has 1 aliphatic heterocycles. The van der Waals surface area contributed by atoms with Gasteiger partial charge in [-0.2, -0.15) is 13.2 Å². The van der Waals surface area contributed by atoms with E-state index >= 15 is 0 Å². The molecule has 1 heterocycles. The minimum Gasteiger partial charge on any atom is -0.396 e.